The number of ether oxygens (including phenoxy) is 1. The number of allylic oxidation sites excluding steroid dienone is 1. The maximum Gasteiger partial charge on any atom is 0.126 e. The van der Waals surface area contributed by atoms with Crippen LogP contribution in [0.5, 0.6) is 5.75 Å². The Hall–Kier alpha value is -1.75. The molecule has 0 bridgehead atoms. The summed E-state index contributed by atoms with van der Waals surface area (Å²) >= 11 is 0. The van der Waals surface area contributed by atoms with Crippen molar-refractivity contribution in [1.29, 1.82) is 5.26 Å². The minimum Gasteiger partial charge on any atom is -0.493 e. The lowest BCUT2D eigenvalue weighted by atomic mass is 9.98. The van der Waals surface area contributed by atoms with Crippen LogP contribution in [-0.2, 0) is 0 Å². The third kappa shape index (κ3) is 1.49. The second-order valence-electron chi connectivity index (χ2n) is 3.40. The average Bonchev–Trinajstić information content (AvgIpc) is 2.19. The number of fused-ring (bicyclic) bond motifs is 1. The van der Waals surface area contributed by atoms with Crippen LogP contribution >= 0.6 is 0 Å². The summed E-state index contributed by atoms with van der Waals surface area (Å²) in [4.78, 5) is 0. The lowest BCUT2D eigenvalue weighted by Gasteiger charge is -2.19. The van der Waals surface area contributed by atoms with Crippen molar-refractivity contribution in [2.24, 2.45) is 0 Å². The maximum absolute atomic E-state index is 8.65. The monoisotopic (exact) mass is 185 g/mol. The van der Waals surface area contributed by atoms with Crippen molar-refractivity contribution in [3.8, 4) is 11.8 Å². The number of nitrogens with zero attached hydrogens (tertiary/aromatic N) is 1. The topological polar surface area (TPSA) is 33.0 Å². The van der Waals surface area contributed by atoms with Crippen molar-refractivity contribution in [3.63, 3.8) is 0 Å². The third-order valence-electron chi connectivity index (χ3n) is 2.35. The average molecular weight is 185 g/mol. The quantitative estimate of drug-likeness (QED) is 0.582. The predicted octanol–water partition coefficient (Wildman–Crippen LogP) is 2.68. The molecular weight excluding hydrogens is 174 g/mol. The standard InChI is InChI=1S/C12H11NO/c1-9-2-3-12-11(8-9)10(4-6-13)5-7-14-12/h2-4,8H,5,7H2,1H3. The van der Waals surface area contributed by atoms with Gasteiger partial charge in [0.05, 0.1) is 12.7 Å². The molecule has 0 atom stereocenters. The Morgan fingerprint density at radius 3 is 3.14 bits per heavy atom. The second kappa shape index (κ2) is 3.55. The van der Waals surface area contributed by atoms with Gasteiger partial charge in [-0.05, 0) is 24.6 Å². The van der Waals surface area contributed by atoms with Crippen LogP contribution in [0.25, 0.3) is 5.57 Å². The molecule has 0 aromatic heterocycles. The van der Waals surface area contributed by atoms with Crippen molar-refractivity contribution in [3.05, 3.63) is 35.4 Å². The summed E-state index contributed by atoms with van der Waals surface area (Å²) in [7, 11) is 0. The minimum atomic E-state index is 0.670. The van der Waals surface area contributed by atoms with E-state index in [1.165, 1.54) is 5.56 Å². The highest BCUT2D eigenvalue weighted by molar-refractivity contribution is 5.74. The van der Waals surface area contributed by atoms with Gasteiger partial charge in [0, 0.05) is 18.1 Å². The van der Waals surface area contributed by atoms with E-state index >= 15 is 0 Å². The van der Waals surface area contributed by atoms with Gasteiger partial charge in [-0.15, -0.1) is 0 Å². The molecular formula is C12H11NO. The molecule has 0 radical (unpaired) electrons. The van der Waals surface area contributed by atoms with Gasteiger partial charge in [0.25, 0.3) is 0 Å². The zero-order valence-electron chi connectivity index (χ0n) is 8.08. The van der Waals surface area contributed by atoms with Gasteiger partial charge in [0.1, 0.15) is 5.75 Å². The van der Waals surface area contributed by atoms with Crippen molar-refractivity contribution < 1.29 is 4.74 Å². The summed E-state index contributed by atoms with van der Waals surface area (Å²) in [5.41, 5.74) is 3.34. The Labute approximate surface area is 83.4 Å². The molecule has 1 aromatic carbocycles. The van der Waals surface area contributed by atoms with Crippen LogP contribution in [0.2, 0.25) is 0 Å². The molecule has 0 saturated heterocycles. The zero-order chi connectivity index (χ0) is 9.97. The number of rotatable bonds is 0. The largest absolute Gasteiger partial charge is 0.493 e. The summed E-state index contributed by atoms with van der Waals surface area (Å²) in [6, 6.07) is 8.14. The number of hydrogen-bond acceptors (Lipinski definition) is 2. The van der Waals surface area contributed by atoms with Crippen LogP contribution in [0.3, 0.4) is 0 Å². The Morgan fingerprint density at radius 1 is 1.50 bits per heavy atom. The van der Waals surface area contributed by atoms with Gasteiger partial charge in [-0.25, -0.2) is 0 Å². The highest BCUT2D eigenvalue weighted by Gasteiger charge is 2.14. The molecule has 70 valence electrons. The molecule has 1 heterocycles. The Kier molecular flexibility index (Phi) is 2.24. The molecule has 2 rings (SSSR count). The van der Waals surface area contributed by atoms with Gasteiger partial charge >= 0.3 is 0 Å². The van der Waals surface area contributed by atoms with Gasteiger partial charge in [-0.2, -0.15) is 5.26 Å². The molecule has 2 nitrogen and oxygen atoms in total. The Balaban J connectivity index is 2.53. The van der Waals surface area contributed by atoms with Gasteiger partial charge in [-0.1, -0.05) is 11.6 Å². The first kappa shape index (κ1) is 8.83. The smallest absolute Gasteiger partial charge is 0.126 e. The van der Waals surface area contributed by atoms with Gasteiger partial charge in [-0.3, -0.25) is 0 Å². The van der Waals surface area contributed by atoms with Crippen molar-refractivity contribution >= 4 is 5.57 Å². The fourth-order valence-corrected chi connectivity index (χ4v) is 1.65. The number of hydrogen-bond donors (Lipinski definition) is 0. The molecule has 0 saturated carbocycles. The van der Waals surface area contributed by atoms with E-state index in [0.29, 0.717) is 6.61 Å². The second-order valence-corrected chi connectivity index (χ2v) is 3.40. The molecule has 0 unspecified atom stereocenters. The number of nitriles is 1. The Morgan fingerprint density at radius 2 is 2.36 bits per heavy atom. The van der Waals surface area contributed by atoms with Crippen LogP contribution in [-0.4, -0.2) is 6.61 Å². The van der Waals surface area contributed by atoms with Crippen molar-refractivity contribution in [2.45, 2.75) is 13.3 Å². The summed E-state index contributed by atoms with van der Waals surface area (Å²) in [6.07, 6.45) is 2.44. The van der Waals surface area contributed by atoms with Crippen LogP contribution < -0.4 is 4.74 Å². The van der Waals surface area contributed by atoms with Crippen LogP contribution in [0.1, 0.15) is 17.5 Å². The highest BCUT2D eigenvalue weighted by Crippen LogP contribution is 2.33. The lowest BCUT2D eigenvalue weighted by molar-refractivity contribution is 0.316. The first-order valence-corrected chi connectivity index (χ1v) is 4.64. The minimum absolute atomic E-state index is 0.670. The first-order chi connectivity index (χ1) is 6.81. The summed E-state index contributed by atoms with van der Waals surface area (Å²) in [6.45, 7) is 2.71. The van der Waals surface area contributed by atoms with Crippen molar-refractivity contribution in [2.75, 3.05) is 6.61 Å². The first-order valence-electron chi connectivity index (χ1n) is 4.64. The van der Waals surface area contributed by atoms with Crippen LogP contribution in [0.15, 0.2) is 24.3 Å². The summed E-state index contributed by atoms with van der Waals surface area (Å²) in [5, 5.41) is 8.65. The maximum atomic E-state index is 8.65. The molecule has 0 N–H and O–H groups in total. The van der Waals surface area contributed by atoms with Gasteiger partial charge in [0.2, 0.25) is 0 Å². The molecule has 0 aliphatic carbocycles. The van der Waals surface area contributed by atoms with Crippen LogP contribution in [0, 0.1) is 18.3 Å². The fourth-order valence-electron chi connectivity index (χ4n) is 1.65. The summed E-state index contributed by atoms with van der Waals surface area (Å²) in [5.74, 6) is 0.892. The molecule has 0 spiro atoms. The molecule has 1 aliphatic rings. The molecule has 0 amide bonds. The van der Waals surface area contributed by atoms with E-state index < -0.39 is 0 Å². The molecule has 2 heteroatoms. The van der Waals surface area contributed by atoms with E-state index in [9.17, 15) is 0 Å². The van der Waals surface area contributed by atoms with Gasteiger partial charge < -0.3 is 4.74 Å². The highest BCUT2D eigenvalue weighted by atomic mass is 16.5. The lowest BCUT2D eigenvalue weighted by Crippen LogP contribution is -2.07. The zero-order valence-corrected chi connectivity index (χ0v) is 8.08. The van der Waals surface area contributed by atoms with Crippen LogP contribution in [0.4, 0.5) is 0 Å². The fraction of sp³-hybridized carbons (Fsp3) is 0.250. The predicted molar refractivity (Wildman–Crippen MR) is 54.9 cm³/mol. The Bertz CT molecular complexity index is 426. The number of benzene rings is 1. The SMILES string of the molecule is Cc1ccc2c(c1)C(=CC#N)CCO2. The molecule has 14 heavy (non-hydrogen) atoms. The van der Waals surface area contributed by atoms with Gasteiger partial charge in [0.15, 0.2) is 0 Å². The van der Waals surface area contributed by atoms with E-state index in [2.05, 4.69) is 12.1 Å². The van der Waals surface area contributed by atoms with Crippen molar-refractivity contribution in [1.82, 2.24) is 0 Å². The normalized spacial score (nSPS) is 17.0. The molecule has 1 aromatic rings. The molecule has 1 aliphatic heterocycles. The van der Waals surface area contributed by atoms with E-state index in [-0.39, 0.29) is 0 Å². The summed E-state index contributed by atoms with van der Waals surface area (Å²) < 4.78 is 5.50. The van der Waals surface area contributed by atoms with E-state index in [0.717, 1.165) is 23.3 Å². The molecule has 0 fully saturated rings. The van der Waals surface area contributed by atoms with E-state index in [4.69, 9.17) is 10.00 Å². The third-order valence-corrected chi connectivity index (χ3v) is 2.35. The number of aryl methyl sites for hydroxylation is 1. The van der Waals surface area contributed by atoms with E-state index in [1.54, 1.807) is 6.08 Å². The van der Waals surface area contributed by atoms with E-state index in [1.807, 2.05) is 19.1 Å².